The van der Waals surface area contributed by atoms with Gasteiger partial charge in [-0.2, -0.15) is 0 Å². The zero-order valence-electron chi connectivity index (χ0n) is 24.9. The zero-order valence-corrected chi connectivity index (χ0v) is 25.7. The average Bonchev–Trinajstić information content (AvgIpc) is 3.72. The van der Waals surface area contributed by atoms with Crippen LogP contribution in [0.15, 0.2) is 29.6 Å². The van der Waals surface area contributed by atoms with E-state index >= 15 is 0 Å². The number of nitrogens with one attached hydrogen (secondary N) is 1. The Morgan fingerprint density at radius 2 is 1.93 bits per heavy atom. The number of piperazine rings is 1. The van der Waals surface area contributed by atoms with Crippen molar-refractivity contribution in [1.29, 1.82) is 0 Å². The Morgan fingerprint density at radius 3 is 2.60 bits per heavy atom. The Kier molecular flexibility index (Phi) is 9.28. The summed E-state index contributed by atoms with van der Waals surface area (Å²) in [6, 6.07) is 5.33. The first-order valence-electron chi connectivity index (χ1n) is 14.7. The van der Waals surface area contributed by atoms with Crippen LogP contribution in [-0.2, 0) is 19.1 Å². The summed E-state index contributed by atoms with van der Waals surface area (Å²) in [7, 11) is 1.73. The smallest absolute Gasteiger partial charge is 0.251 e. The second-order valence-electron chi connectivity index (χ2n) is 12.0. The second-order valence-corrected chi connectivity index (χ2v) is 12.8. The zero-order chi connectivity index (χ0) is 30.0. The number of benzene rings is 1. The van der Waals surface area contributed by atoms with Crippen molar-refractivity contribution in [2.24, 2.45) is 11.1 Å². The van der Waals surface area contributed by atoms with Crippen LogP contribution >= 0.6 is 11.3 Å². The number of rotatable bonds is 10. The van der Waals surface area contributed by atoms with E-state index < -0.39 is 29.6 Å². The molecule has 0 radical (unpaired) electrons. The number of carbonyl (C=O) groups excluding carboxylic acids is 3. The highest BCUT2D eigenvalue weighted by Crippen LogP contribution is 2.33. The van der Waals surface area contributed by atoms with Gasteiger partial charge in [-0.3, -0.25) is 19.3 Å². The summed E-state index contributed by atoms with van der Waals surface area (Å²) in [6.07, 6.45) is 0.155. The Bertz CT molecular complexity index is 1280. The van der Waals surface area contributed by atoms with Crippen LogP contribution in [0.3, 0.4) is 0 Å². The van der Waals surface area contributed by atoms with Gasteiger partial charge in [-0.1, -0.05) is 32.9 Å². The first kappa shape index (κ1) is 30.6. The Labute approximate surface area is 251 Å². The third-order valence-corrected chi connectivity index (χ3v) is 9.81. The minimum Gasteiger partial charge on any atom is -0.383 e. The SMILES string of the molecule is CCC(C)(C)[C@H](NC(=O)c1ccc(-c2csc(N3CCN(CCOC)CC3)n2)cc1)C(=O)N1C[C@@H](N)[C@H]2OCC(=O)[C@H]21. The van der Waals surface area contributed by atoms with Crippen molar-refractivity contribution < 1.29 is 23.9 Å². The third kappa shape index (κ3) is 6.23. The second kappa shape index (κ2) is 12.8. The van der Waals surface area contributed by atoms with E-state index in [1.54, 1.807) is 30.6 Å². The van der Waals surface area contributed by atoms with Gasteiger partial charge in [0.2, 0.25) is 5.91 Å². The first-order chi connectivity index (χ1) is 20.1. The maximum absolute atomic E-state index is 13.8. The molecule has 0 unspecified atom stereocenters. The van der Waals surface area contributed by atoms with Crippen molar-refractivity contribution in [1.82, 2.24) is 20.1 Å². The maximum atomic E-state index is 13.8. The molecule has 3 fully saturated rings. The van der Waals surface area contributed by atoms with Crippen molar-refractivity contribution >= 4 is 34.1 Å². The number of methoxy groups -OCH3 is 1. The minimum atomic E-state index is -0.829. The topological polar surface area (TPSA) is 130 Å². The number of likely N-dealkylation sites (tertiary alicyclic amines) is 1. The van der Waals surface area contributed by atoms with E-state index in [1.807, 2.05) is 38.3 Å². The van der Waals surface area contributed by atoms with Gasteiger partial charge >= 0.3 is 0 Å². The fourth-order valence-electron chi connectivity index (χ4n) is 5.81. The van der Waals surface area contributed by atoms with Gasteiger partial charge in [0.25, 0.3) is 5.91 Å². The molecule has 2 amide bonds. The van der Waals surface area contributed by atoms with Crippen LogP contribution in [0.4, 0.5) is 5.13 Å². The van der Waals surface area contributed by atoms with Gasteiger partial charge in [0, 0.05) is 62.9 Å². The largest absolute Gasteiger partial charge is 0.383 e. The Hall–Kier alpha value is -2.90. The first-order valence-corrected chi connectivity index (χ1v) is 15.5. The lowest BCUT2D eigenvalue weighted by molar-refractivity contribution is -0.140. The quantitative estimate of drug-likeness (QED) is 0.419. The summed E-state index contributed by atoms with van der Waals surface area (Å²) in [5.41, 5.74) is 7.89. The maximum Gasteiger partial charge on any atom is 0.251 e. The number of ether oxygens (including phenoxy) is 2. The third-order valence-electron chi connectivity index (χ3n) is 8.91. The number of aromatic nitrogens is 1. The molecule has 0 aliphatic carbocycles. The van der Waals surface area contributed by atoms with E-state index in [4.69, 9.17) is 20.2 Å². The number of hydrogen-bond acceptors (Lipinski definition) is 10. The van der Waals surface area contributed by atoms with Crippen LogP contribution in [0.2, 0.25) is 0 Å². The molecule has 1 aromatic carbocycles. The molecule has 0 spiro atoms. The van der Waals surface area contributed by atoms with E-state index in [1.165, 1.54) is 4.90 Å². The Balaban J connectivity index is 1.25. The van der Waals surface area contributed by atoms with Crippen molar-refractivity contribution in [2.75, 3.05) is 64.5 Å². The number of carbonyl (C=O) groups is 3. The summed E-state index contributed by atoms with van der Waals surface area (Å²) in [5.74, 6) is -0.797. The standard InChI is InChI=1S/C30H42N6O5S/c1-5-30(2,3)26(28(39)36-16-21(31)25-24(36)23(37)17-41-25)33-27(38)20-8-6-19(7-9-20)22-18-42-29(32-22)35-12-10-34(11-13-35)14-15-40-4/h6-9,18,21,24-26H,5,10-17,31H2,1-4H3,(H,33,38)/t21-,24-,25-,26-/m1/s1. The number of Topliss-reactive ketones (excluding diaryl/α,β-unsaturated/α-hetero) is 1. The molecular weight excluding hydrogens is 556 g/mol. The average molecular weight is 599 g/mol. The molecule has 0 bridgehead atoms. The Morgan fingerprint density at radius 1 is 1.21 bits per heavy atom. The van der Waals surface area contributed by atoms with Crippen molar-refractivity contribution in [3.05, 3.63) is 35.2 Å². The molecule has 5 rings (SSSR count). The van der Waals surface area contributed by atoms with Crippen LogP contribution in [-0.4, -0.2) is 116 Å². The normalized spacial score (nSPS) is 23.7. The van der Waals surface area contributed by atoms with Gasteiger partial charge in [0.1, 0.15) is 24.8 Å². The van der Waals surface area contributed by atoms with Crippen LogP contribution in [0.1, 0.15) is 37.6 Å². The van der Waals surface area contributed by atoms with E-state index in [2.05, 4.69) is 15.1 Å². The molecule has 3 aliphatic rings. The number of amides is 2. The number of nitrogens with two attached hydrogens (primary N) is 1. The van der Waals surface area contributed by atoms with Crippen LogP contribution in [0, 0.1) is 5.41 Å². The van der Waals surface area contributed by atoms with Gasteiger partial charge in [0.05, 0.1) is 18.3 Å². The van der Waals surface area contributed by atoms with E-state index in [9.17, 15) is 14.4 Å². The van der Waals surface area contributed by atoms with Gasteiger partial charge in [-0.25, -0.2) is 4.98 Å². The van der Waals surface area contributed by atoms with E-state index in [0.29, 0.717) is 12.0 Å². The molecule has 0 saturated carbocycles. The lowest BCUT2D eigenvalue weighted by Crippen LogP contribution is -2.57. The van der Waals surface area contributed by atoms with Crippen molar-refractivity contribution in [3.8, 4) is 11.3 Å². The van der Waals surface area contributed by atoms with E-state index in [0.717, 1.165) is 55.7 Å². The fraction of sp³-hybridized carbons (Fsp3) is 0.600. The predicted octanol–water partition coefficient (Wildman–Crippen LogP) is 1.62. The summed E-state index contributed by atoms with van der Waals surface area (Å²) in [5, 5.41) is 6.02. The van der Waals surface area contributed by atoms with Crippen molar-refractivity contribution in [2.45, 2.75) is 51.4 Å². The molecule has 3 saturated heterocycles. The monoisotopic (exact) mass is 598 g/mol. The van der Waals surface area contributed by atoms with Gasteiger partial charge in [-0.15, -0.1) is 11.3 Å². The molecule has 12 heteroatoms. The van der Waals surface area contributed by atoms with Crippen molar-refractivity contribution in [3.63, 3.8) is 0 Å². The number of anilines is 1. The predicted molar refractivity (Wildman–Crippen MR) is 162 cm³/mol. The number of thiazole rings is 1. The molecule has 42 heavy (non-hydrogen) atoms. The lowest BCUT2D eigenvalue weighted by atomic mass is 9.80. The number of nitrogens with zero attached hydrogens (tertiary/aromatic N) is 4. The summed E-state index contributed by atoms with van der Waals surface area (Å²) in [6.45, 7) is 11.6. The summed E-state index contributed by atoms with van der Waals surface area (Å²) >= 11 is 1.62. The molecule has 2 aromatic rings. The lowest BCUT2D eigenvalue weighted by Gasteiger charge is -2.36. The van der Waals surface area contributed by atoms with E-state index in [-0.39, 0.29) is 30.7 Å². The molecule has 4 heterocycles. The highest BCUT2D eigenvalue weighted by atomic mass is 32.1. The van der Waals surface area contributed by atoms with Crippen LogP contribution in [0.25, 0.3) is 11.3 Å². The fourth-order valence-corrected chi connectivity index (χ4v) is 6.70. The molecule has 11 nitrogen and oxygen atoms in total. The minimum absolute atomic E-state index is 0.0423. The number of fused-ring (bicyclic) bond motifs is 1. The highest BCUT2D eigenvalue weighted by molar-refractivity contribution is 7.14. The molecule has 1 aromatic heterocycles. The molecule has 4 atom stereocenters. The molecular formula is C30H42N6O5S. The number of ketones is 1. The molecule has 228 valence electrons. The van der Waals surface area contributed by atoms with Crippen LogP contribution in [0.5, 0.6) is 0 Å². The molecule has 3 N–H and O–H groups in total. The van der Waals surface area contributed by atoms with Crippen LogP contribution < -0.4 is 16.0 Å². The highest BCUT2D eigenvalue weighted by Gasteiger charge is 2.53. The molecule has 3 aliphatic heterocycles. The van der Waals surface area contributed by atoms with Gasteiger partial charge in [0.15, 0.2) is 10.9 Å². The van der Waals surface area contributed by atoms with Gasteiger partial charge in [-0.05, 0) is 24.0 Å². The number of hydrogen-bond donors (Lipinski definition) is 2. The summed E-state index contributed by atoms with van der Waals surface area (Å²) < 4.78 is 10.8. The van der Waals surface area contributed by atoms with Gasteiger partial charge < -0.3 is 30.3 Å². The summed E-state index contributed by atoms with van der Waals surface area (Å²) in [4.78, 5) is 50.8.